The van der Waals surface area contributed by atoms with E-state index in [-0.39, 0.29) is 12.2 Å². The second kappa shape index (κ2) is 8.42. The number of benzene rings is 1. The largest absolute Gasteiger partial charge is 0.507 e. The van der Waals surface area contributed by atoms with Crippen molar-refractivity contribution in [3.63, 3.8) is 0 Å². The van der Waals surface area contributed by atoms with Crippen LogP contribution in [0.1, 0.15) is 22.8 Å². The summed E-state index contributed by atoms with van der Waals surface area (Å²) in [5.41, 5.74) is 2.19. The van der Waals surface area contributed by atoms with Gasteiger partial charge in [0.05, 0.1) is 8.67 Å². The Morgan fingerprint density at radius 2 is 1.92 bits per heavy atom. The van der Waals surface area contributed by atoms with Crippen LogP contribution in [0.15, 0.2) is 60.4 Å². The van der Waals surface area contributed by atoms with Gasteiger partial charge in [-0.25, -0.2) is 0 Å². The lowest BCUT2D eigenvalue weighted by Crippen LogP contribution is -2.08. The van der Waals surface area contributed by atoms with Gasteiger partial charge in [-0.05, 0) is 29.8 Å². The maximum absolute atomic E-state index is 10.9. The Morgan fingerprint density at radius 1 is 1.12 bits per heavy atom. The second-order valence-electron chi connectivity index (χ2n) is 5.60. The van der Waals surface area contributed by atoms with Crippen molar-refractivity contribution in [1.29, 1.82) is 0 Å². The maximum Gasteiger partial charge on any atom is 0.125 e. The number of hydrogen-bond donors (Lipinski definition) is 2. The minimum atomic E-state index is -1.06. The topological polar surface area (TPSA) is 53.4 Å². The van der Waals surface area contributed by atoms with Crippen molar-refractivity contribution in [2.45, 2.75) is 12.5 Å². The van der Waals surface area contributed by atoms with E-state index in [1.165, 1.54) is 11.3 Å². The van der Waals surface area contributed by atoms with E-state index < -0.39 is 6.10 Å². The summed E-state index contributed by atoms with van der Waals surface area (Å²) >= 11 is 19.5. The summed E-state index contributed by atoms with van der Waals surface area (Å²) in [7, 11) is 0. The summed E-state index contributed by atoms with van der Waals surface area (Å²) in [6, 6.07) is 12.0. The van der Waals surface area contributed by atoms with Crippen LogP contribution in [0.2, 0.25) is 13.7 Å². The molecule has 0 aliphatic carbocycles. The first-order valence-corrected chi connectivity index (χ1v) is 9.60. The molecular weight excluding hydrogens is 413 g/mol. The van der Waals surface area contributed by atoms with Crippen molar-refractivity contribution in [1.82, 2.24) is 4.98 Å². The molecule has 2 aromatic heterocycles. The van der Waals surface area contributed by atoms with E-state index in [4.69, 9.17) is 34.8 Å². The predicted octanol–water partition coefficient (Wildman–Crippen LogP) is 6.35. The number of nitrogens with zero attached hydrogens (tertiary/aromatic N) is 1. The van der Waals surface area contributed by atoms with Crippen LogP contribution in [0.3, 0.4) is 0 Å². The smallest absolute Gasteiger partial charge is 0.125 e. The number of thiophene rings is 1. The monoisotopic (exact) mass is 425 g/mol. The van der Waals surface area contributed by atoms with Gasteiger partial charge in [0.2, 0.25) is 0 Å². The lowest BCUT2D eigenvalue weighted by Gasteiger charge is -2.18. The lowest BCUT2D eigenvalue weighted by atomic mass is 9.94. The zero-order chi connectivity index (χ0) is 18.7. The molecule has 0 saturated heterocycles. The van der Waals surface area contributed by atoms with Crippen LogP contribution in [0.5, 0.6) is 0 Å². The van der Waals surface area contributed by atoms with Gasteiger partial charge in [-0.3, -0.25) is 4.98 Å². The molecule has 26 heavy (non-hydrogen) atoms. The number of halogens is 3. The van der Waals surface area contributed by atoms with Crippen LogP contribution in [0.4, 0.5) is 0 Å². The zero-order valence-corrected chi connectivity index (χ0v) is 16.4. The van der Waals surface area contributed by atoms with E-state index in [0.717, 1.165) is 5.56 Å². The Bertz CT molecular complexity index is 941. The van der Waals surface area contributed by atoms with E-state index in [1.54, 1.807) is 54.9 Å². The van der Waals surface area contributed by atoms with Gasteiger partial charge in [-0.15, -0.1) is 11.3 Å². The molecule has 0 bridgehead atoms. The number of aliphatic hydroxyl groups excluding tert-OH is 2. The molecule has 0 aliphatic rings. The van der Waals surface area contributed by atoms with Gasteiger partial charge in [0, 0.05) is 40.5 Å². The van der Waals surface area contributed by atoms with Gasteiger partial charge in [-0.1, -0.05) is 53.0 Å². The van der Waals surface area contributed by atoms with Crippen LogP contribution < -0.4 is 0 Å². The fourth-order valence-corrected chi connectivity index (χ4v) is 4.25. The van der Waals surface area contributed by atoms with E-state index in [9.17, 15) is 10.2 Å². The molecule has 0 radical (unpaired) electrons. The molecule has 0 aliphatic heterocycles. The summed E-state index contributed by atoms with van der Waals surface area (Å²) in [6.07, 6.45) is 2.35. The highest BCUT2D eigenvalue weighted by molar-refractivity contribution is 7.20. The summed E-state index contributed by atoms with van der Waals surface area (Å²) in [5, 5.41) is 22.2. The number of aliphatic hydroxyl groups is 2. The summed E-state index contributed by atoms with van der Waals surface area (Å²) in [6.45, 7) is 0. The van der Waals surface area contributed by atoms with Crippen LogP contribution in [-0.2, 0) is 6.42 Å². The van der Waals surface area contributed by atoms with Crippen molar-refractivity contribution < 1.29 is 10.2 Å². The Hall–Kier alpha value is -1.56. The zero-order valence-electron chi connectivity index (χ0n) is 13.4. The Kier molecular flexibility index (Phi) is 6.22. The van der Waals surface area contributed by atoms with E-state index in [2.05, 4.69) is 4.98 Å². The molecule has 3 aromatic rings. The predicted molar refractivity (Wildman–Crippen MR) is 108 cm³/mol. The molecule has 0 saturated carbocycles. The molecule has 3 nitrogen and oxygen atoms in total. The first-order valence-electron chi connectivity index (χ1n) is 7.65. The number of pyridine rings is 1. The van der Waals surface area contributed by atoms with Gasteiger partial charge >= 0.3 is 0 Å². The van der Waals surface area contributed by atoms with E-state index >= 15 is 0 Å². The van der Waals surface area contributed by atoms with Crippen LogP contribution in [0, 0.1) is 0 Å². The van der Waals surface area contributed by atoms with Crippen molar-refractivity contribution in [3.05, 3.63) is 90.8 Å². The van der Waals surface area contributed by atoms with Crippen molar-refractivity contribution in [2.75, 3.05) is 0 Å². The quantitative estimate of drug-likeness (QED) is 0.467. The third-order valence-electron chi connectivity index (χ3n) is 3.84. The average molecular weight is 427 g/mol. The number of aromatic nitrogens is 1. The van der Waals surface area contributed by atoms with Crippen LogP contribution in [-0.4, -0.2) is 15.2 Å². The normalized spacial score (nSPS) is 13.4. The highest BCUT2D eigenvalue weighted by atomic mass is 35.5. The van der Waals surface area contributed by atoms with Gasteiger partial charge in [0.25, 0.3) is 0 Å². The fraction of sp³-hybridized carbons (Fsp3) is 0.105. The summed E-state index contributed by atoms with van der Waals surface area (Å²) < 4.78 is 1.06. The molecule has 0 fully saturated rings. The van der Waals surface area contributed by atoms with Gasteiger partial charge in [-0.2, -0.15) is 0 Å². The molecule has 1 aromatic carbocycles. The van der Waals surface area contributed by atoms with Crippen LogP contribution in [0.25, 0.3) is 5.76 Å². The molecule has 2 N–H and O–H groups in total. The van der Waals surface area contributed by atoms with Crippen LogP contribution >= 0.6 is 46.1 Å². The molecule has 7 heteroatoms. The van der Waals surface area contributed by atoms with Crippen molar-refractivity contribution in [3.8, 4) is 0 Å². The van der Waals surface area contributed by atoms with Crippen molar-refractivity contribution in [2.24, 2.45) is 0 Å². The Labute approximate surface area is 170 Å². The molecule has 134 valence electrons. The summed E-state index contributed by atoms with van der Waals surface area (Å²) in [5.74, 6) is -0.0535. The molecule has 1 unspecified atom stereocenters. The van der Waals surface area contributed by atoms with Crippen molar-refractivity contribution >= 4 is 51.9 Å². The first kappa shape index (κ1) is 19.2. The Morgan fingerprint density at radius 3 is 2.54 bits per heavy atom. The second-order valence-corrected chi connectivity index (χ2v) is 8.32. The third-order valence-corrected chi connectivity index (χ3v) is 5.64. The SMILES string of the molecule is O/C(=C(\Cc1cc(Cl)sc1Cl)C(O)c1cccnc1)c1cccc(Cl)c1. The molecule has 0 spiro atoms. The average Bonchev–Trinajstić information content (AvgIpc) is 2.96. The molecule has 3 rings (SSSR count). The third kappa shape index (κ3) is 4.40. The summed E-state index contributed by atoms with van der Waals surface area (Å²) in [4.78, 5) is 4.03. The molecule has 2 heterocycles. The maximum atomic E-state index is 10.9. The number of rotatable bonds is 5. The lowest BCUT2D eigenvalue weighted by molar-refractivity contribution is 0.210. The fourth-order valence-electron chi connectivity index (χ4n) is 2.57. The van der Waals surface area contributed by atoms with E-state index in [0.29, 0.717) is 30.4 Å². The molecular formula is C19H14Cl3NO2S. The van der Waals surface area contributed by atoms with Gasteiger partial charge in [0.15, 0.2) is 0 Å². The molecule has 1 atom stereocenters. The minimum Gasteiger partial charge on any atom is -0.507 e. The minimum absolute atomic E-state index is 0.0535. The standard InChI is InChI=1S/C19H14Cl3NO2S/c20-14-5-1-3-11(7-14)17(24)15(8-13-9-16(21)26-19(13)22)18(25)12-4-2-6-23-10-12/h1-7,9-10,18,24-25H,8H2/b17-15+. The van der Waals surface area contributed by atoms with E-state index in [1.807, 2.05) is 0 Å². The first-order chi connectivity index (χ1) is 12.5. The van der Waals surface area contributed by atoms with Gasteiger partial charge < -0.3 is 10.2 Å². The highest BCUT2D eigenvalue weighted by Gasteiger charge is 2.22. The highest BCUT2D eigenvalue weighted by Crippen LogP contribution is 2.37. The number of hydrogen-bond acceptors (Lipinski definition) is 4. The van der Waals surface area contributed by atoms with Gasteiger partial charge in [0.1, 0.15) is 11.9 Å². The Balaban J connectivity index is 2.09. The molecule has 0 amide bonds.